The van der Waals surface area contributed by atoms with Crippen molar-refractivity contribution in [2.24, 2.45) is 5.41 Å². The summed E-state index contributed by atoms with van der Waals surface area (Å²) in [5.41, 5.74) is 0.760. The predicted molar refractivity (Wildman–Crippen MR) is 97.5 cm³/mol. The van der Waals surface area contributed by atoms with Crippen molar-refractivity contribution in [3.8, 4) is 0 Å². The minimum atomic E-state index is -1.01. The lowest BCUT2D eigenvalue weighted by Crippen LogP contribution is -2.52. The second-order valence-corrected chi connectivity index (χ2v) is 7.68. The number of aromatic amines is 1. The van der Waals surface area contributed by atoms with Crippen molar-refractivity contribution in [2.75, 3.05) is 6.61 Å². The van der Waals surface area contributed by atoms with Gasteiger partial charge in [-0.05, 0) is 18.6 Å². The van der Waals surface area contributed by atoms with Gasteiger partial charge in [0.2, 0.25) is 5.79 Å². The van der Waals surface area contributed by atoms with Gasteiger partial charge in [-0.2, -0.15) is 5.10 Å². The zero-order chi connectivity index (χ0) is 18.2. The Morgan fingerprint density at radius 2 is 2.12 bits per heavy atom. The van der Waals surface area contributed by atoms with Crippen LogP contribution in [0.2, 0.25) is 0 Å². The highest BCUT2D eigenvalue weighted by Gasteiger charge is 2.50. The second-order valence-electron chi connectivity index (χ2n) is 7.68. The molecule has 138 valence electrons. The van der Waals surface area contributed by atoms with Gasteiger partial charge in [-0.3, -0.25) is 5.10 Å². The lowest BCUT2D eigenvalue weighted by molar-refractivity contribution is -0.345. The topological polar surface area (TPSA) is 73.2 Å². The Hall–Kier alpha value is -2.18. The first-order valence-corrected chi connectivity index (χ1v) is 9.17. The Labute approximate surface area is 152 Å². The SMILES string of the molecule is CCCC1OC(Cc2ncn[nH]2)(c2cc3ccccc3o2)OCC1(C)C. The van der Waals surface area contributed by atoms with Crippen LogP contribution in [0.1, 0.15) is 45.2 Å². The minimum Gasteiger partial charge on any atom is -0.455 e. The summed E-state index contributed by atoms with van der Waals surface area (Å²) in [6, 6.07) is 9.95. The van der Waals surface area contributed by atoms with E-state index in [-0.39, 0.29) is 11.5 Å². The van der Waals surface area contributed by atoms with E-state index in [4.69, 9.17) is 13.9 Å². The predicted octanol–water partition coefficient (Wildman–Crippen LogP) is 4.19. The van der Waals surface area contributed by atoms with E-state index in [1.807, 2.05) is 30.3 Å². The first-order chi connectivity index (χ1) is 12.5. The summed E-state index contributed by atoms with van der Waals surface area (Å²) in [5.74, 6) is 0.376. The van der Waals surface area contributed by atoms with Gasteiger partial charge >= 0.3 is 0 Å². The van der Waals surface area contributed by atoms with Crippen LogP contribution in [-0.2, 0) is 21.7 Å². The van der Waals surface area contributed by atoms with Crippen molar-refractivity contribution >= 4 is 11.0 Å². The molecule has 6 heteroatoms. The van der Waals surface area contributed by atoms with Crippen LogP contribution in [0.25, 0.3) is 11.0 Å². The number of furan rings is 1. The molecule has 1 aliphatic heterocycles. The molecule has 0 spiro atoms. The highest BCUT2D eigenvalue weighted by Crippen LogP contribution is 2.45. The molecule has 1 aliphatic rings. The summed E-state index contributed by atoms with van der Waals surface area (Å²) in [5, 5.41) is 7.91. The highest BCUT2D eigenvalue weighted by atomic mass is 16.7. The molecule has 4 rings (SSSR count). The van der Waals surface area contributed by atoms with Crippen LogP contribution in [0, 0.1) is 5.41 Å². The van der Waals surface area contributed by atoms with E-state index in [0.29, 0.717) is 24.6 Å². The zero-order valence-electron chi connectivity index (χ0n) is 15.5. The maximum absolute atomic E-state index is 6.61. The van der Waals surface area contributed by atoms with Crippen LogP contribution in [0.5, 0.6) is 0 Å². The first kappa shape index (κ1) is 17.2. The molecule has 2 atom stereocenters. The fraction of sp³-hybridized carbons (Fsp3) is 0.500. The van der Waals surface area contributed by atoms with E-state index < -0.39 is 5.79 Å². The number of nitrogens with one attached hydrogen (secondary N) is 1. The number of fused-ring (bicyclic) bond motifs is 1. The van der Waals surface area contributed by atoms with Crippen molar-refractivity contribution in [3.63, 3.8) is 0 Å². The minimum absolute atomic E-state index is 0.0626. The molecule has 0 amide bonds. The van der Waals surface area contributed by atoms with Gasteiger partial charge in [-0.1, -0.05) is 45.4 Å². The van der Waals surface area contributed by atoms with Gasteiger partial charge in [-0.25, -0.2) is 4.98 Å². The molecule has 2 aromatic heterocycles. The summed E-state index contributed by atoms with van der Waals surface area (Å²) < 4.78 is 19.1. The number of benzene rings is 1. The molecule has 0 bridgehead atoms. The van der Waals surface area contributed by atoms with Gasteiger partial charge in [0.15, 0.2) is 5.76 Å². The summed E-state index contributed by atoms with van der Waals surface area (Å²) in [4.78, 5) is 4.27. The van der Waals surface area contributed by atoms with E-state index in [9.17, 15) is 0 Å². The number of hydrogen-bond donors (Lipinski definition) is 1. The monoisotopic (exact) mass is 355 g/mol. The van der Waals surface area contributed by atoms with E-state index in [1.165, 1.54) is 6.33 Å². The fourth-order valence-electron chi connectivity index (χ4n) is 3.55. The third kappa shape index (κ3) is 3.04. The Balaban J connectivity index is 1.77. The number of aromatic nitrogens is 3. The van der Waals surface area contributed by atoms with Crippen LogP contribution in [0.4, 0.5) is 0 Å². The average molecular weight is 355 g/mol. The third-order valence-electron chi connectivity index (χ3n) is 5.10. The number of nitrogens with zero attached hydrogens (tertiary/aromatic N) is 2. The van der Waals surface area contributed by atoms with E-state index in [0.717, 1.165) is 23.8 Å². The number of para-hydroxylation sites is 1. The molecule has 0 aliphatic carbocycles. The molecule has 1 saturated heterocycles. The van der Waals surface area contributed by atoms with Crippen LogP contribution >= 0.6 is 0 Å². The maximum Gasteiger partial charge on any atom is 0.235 e. The molecular weight excluding hydrogens is 330 g/mol. The molecule has 1 aromatic carbocycles. The molecule has 2 unspecified atom stereocenters. The van der Waals surface area contributed by atoms with Crippen molar-refractivity contribution in [3.05, 3.63) is 48.2 Å². The molecule has 1 N–H and O–H groups in total. The Bertz CT molecular complexity index is 838. The summed E-state index contributed by atoms with van der Waals surface area (Å²) in [6.07, 6.45) is 4.00. The van der Waals surface area contributed by atoms with Crippen LogP contribution < -0.4 is 0 Å². The molecule has 3 heterocycles. The van der Waals surface area contributed by atoms with Crippen molar-refractivity contribution in [2.45, 2.75) is 51.9 Å². The fourth-order valence-corrected chi connectivity index (χ4v) is 3.55. The Morgan fingerprint density at radius 1 is 1.27 bits per heavy atom. The number of H-pyrrole nitrogens is 1. The van der Waals surface area contributed by atoms with Gasteiger partial charge in [0.1, 0.15) is 17.7 Å². The van der Waals surface area contributed by atoms with Crippen LogP contribution in [-0.4, -0.2) is 27.9 Å². The quantitative estimate of drug-likeness (QED) is 0.743. The van der Waals surface area contributed by atoms with E-state index in [2.05, 4.69) is 36.0 Å². The summed E-state index contributed by atoms with van der Waals surface area (Å²) in [6.45, 7) is 7.13. The highest BCUT2D eigenvalue weighted by molar-refractivity contribution is 5.77. The summed E-state index contributed by atoms with van der Waals surface area (Å²) in [7, 11) is 0. The van der Waals surface area contributed by atoms with E-state index >= 15 is 0 Å². The van der Waals surface area contributed by atoms with Crippen LogP contribution in [0.3, 0.4) is 0 Å². The largest absolute Gasteiger partial charge is 0.455 e. The van der Waals surface area contributed by atoms with Crippen LogP contribution in [0.15, 0.2) is 41.1 Å². The Morgan fingerprint density at radius 3 is 2.85 bits per heavy atom. The normalized spacial score (nSPS) is 25.6. The standard InChI is InChI=1S/C20H25N3O3/c1-4-7-16-19(2,3)12-24-20(26-16,11-18-21-13-22-23-18)17-10-14-8-5-6-9-15(14)25-17/h5-6,8-10,13,16H,4,7,11-12H2,1-3H3,(H,21,22,23). The van der Waals surface area contributed by atoms with E-state index in [1.54, 1.807) is 0 Å². The maximum atomic E-state index is 6.61. The number of rotatable bonds is 5. The molecule has 0 radical (unpaired) electrons. The van der Waals surface area contributed by atoms with Gasteiger partial charge in [0.25, 0.3) is 0 Å². The molecule has 3 aromatic rings. The smallest absolute Gasteiger partial charge is 0.235 e. The van der Waals surface area contributed by atoms with Crippen molar-refractivity contribution < 1.29 is 13.9 Å². The zero-order valence-corrected chi connectivity index (χ0v) is 15.5. The van der Waals surface area contributed by atoms with Crippen molar-refractivity contribution in [1.29, 1.82) is 0 Å². The molecule has 6 nitrogen and oxygen atoms in total. The number of hydrogen-bond acceptors (Lipinski definition) is 5. The lowest BCUT2D eigenvalue weighted by Gasteiger charge is -2.47. The van der Waals surface area contributed by atoms with Gasteiger partial charge in [0.05, 0.1) is 19.1 Å². The van der Waals surface area contributed by atoms with Gasteiger partial charge in [0, 0.05) is 10.8 Å². The average Bonchev–Trinajstić information content (AvgIpc) is 3.28. The second kappa shape index (κ2) is 6.52. The van der Waals surface area contributed by atoms with Crippen molar-refractivity contribution in [1.82, 2.24) is 15.2 Å². The molecular formula is C20H25N3O3. The van der Waals surface area contributed by atoms with Gasteiger partial charge < -0.3 is 13.9 Å². The number of ether oxygens (including phenoxy) is 2. The first-order valence-electron chi connectivity index (χ1n) is 9.17. The lowest BCUT2D eigenvalue weighted by atomic mass is 9.83. The molecule has 1 fully saturated rings. The third-order valence-corrected chi connectivity index (χ3v) is 5.10. The summed E-state index contributed by atoms with van der Waals surface area (Å²) >= 11 is 0. The Kier molecular flexibility index (Phi) is 4.32. The van der Waals surface area contributed by atoms with Gasteiger partial charge in [-0.15, -0.1) is 0 Å². The molecule has 26 heavy (non-hydrogen) atoms. The molecule has 0 saturated carbocycles.